The lowest BCUT2D eigenvalue weighted by Crippen LogP contribution is -2.09. The summed E-state index contributed by atoms with van der Waals surface area (Å²) in [6.45, 7) is 0. The average molecular weight is 281 g/mol. The predicted molar refractivity (Wildman–Crippen MR) is 72.8 cm³/mol. The normalized spacial score (nSPS) is 12.2. The first-order chi connectivity index (χ1) is 10.3. The first kappa shape index (κ1) is 13.1. The van der Waals surface area contributed by atoms with Gasteiger partial charge in [-0.05, 0) is 18.2 Å². The van der Waals surface area contributed by atoms with Crippen LogP contribution < -0.4 is 0 Å². The summed E-state index contributed by atoms with van der Waals surface area (Å²) in [4.78, 5) is 12.6. The van der Waals surface area contributed by atoms with E-state index in [2.05, 4.69) is 20.1 Å². The van der Waals surface area contributed by atoms with Gasteiger partial charge in [-0.15, -0.1) is 0 Å². The first-order valence-electron chi connectivity index (χ1n) is 6.35. The highest BCUT2D eigenvalue weighted by Crippen LogP contribution is 2.20. The minimum Gasteiger partial charge on any atom is -0.392 e. The minimum atomic E-state index is -0.800. The van der Waals surface area contributed by atoms with Crippen LogP contribution in [0.5, 0.6) is 0 Å². The van der Waals surface area contributed by atoms with E-state index < -0.39 is 6.10 Å². The Morgan fingerprint density at radius 2 is 2.05 bits per heavy atom. The van der Waals surface area contributed by atoms with Gasteiger partial charge in [0.1, 0.15) is 0 Å². The third-order valence-electron chi connectivity index (χ3n) is 2.93. The Kier molecular flexibility index (Phi) is 3.53. The summed E-state index contributed by atoms with van der Waals surface area (Å²) in [5.74, 6) is 0.716. The summed E-state index contributed by atoms with van der Waals surface area (Å²) >= 11 is 0. The molecule has 0 spiro atoms. The largest absolute Gasteiger partial charge is 0.392 e. The summed E-state index contributed by atoms with van der Waals surface area (Å²) < 4.78 is 5.08. The summed E-state index contributed by atoms with van der Waals surface area (Å²) in [6.07, 6.45) is 2.64. The Hall–Kier alpha value is -2.85. The second kappa shape index (κ2) is 5.64. The van der Waals surface area contributed by atoms with Crippen LogP contribution in [0.3, 0.4) is 0 Å². The van der Waals surface area contributed by atoms with E-state index in [1.165, 1.54) is 0 Å². The Morgan fingerprint density at radius 3 is 2.86 bits per heavy atom. The van der Waals surface area contributed by atoms with Crippen LogP contribution in [-0.4, -0.2) is 31.3 Å². The number of aliphatic hydroxyl groups excluding tert-OH is 1. The van der Waals surface area contributed by atoms with Gasteiger partial charge in [-0.3, -0.25) is 9.97 Å². The fraction of sp³-hybridized carbons (Fsp3) is 0.214. The molecule has 3 rings (SSSR count). The van der Waals surface area contributed by atoms with E-state index in [1.54, 1.807) is 12.4 Å². The van der Waals surface area contributed by atoms with Gasteiger partial charge in [-0.1, -0.05) is 5.16 Å². The summed E-state index contributed by atoms with van der Waals surface area (Å²) in [6, 6.07) is 7.38. The number of fused-ring (bicyclic) bond motifs is 1. The molecule has 21 heavy (non-hydrogen) atoms. The van der Waals surface area contributed by atoms with Gasteiger partial charge in [-0.2, -0.15) is 10.2 Å². The quantitative estimate of drug-likeness (QED) is 0.771. The van der Waals surface area contributed by atoms with Crippen LogP contribution in [0.15, 0.2) is 35.1 Å². The molecule has 0 saturated carbocycles. The van der Waals surface area contributed by atoms with Crippen LogP contribution in [0.4, 0.5) is 0 Å². The van der Waals surface area contributed by atoms with Crippen molar-refractivity contribution in [3.8, 4) is 17.5 Å². The zero-order chi connectivity index (χ0) is 14.7. The molecule has 2 aromatic heterocycles. The van der Waals surface area contributed by atoms with Crippen molar-refractivity contribution in [2.75, 3.05) is 0 Å². The van der Waals surface area contributed by atoms with E-state index in [9.17, 15) is 5.11 Å². The molecule has 1 unspecified atom stereocenters. The number of aliphatic hydroxyl groups is 1. The van der Waals surface area contributed by atoms with Crippen LogP contribution >= 0.6 is 0 Å². The van der Waals surface area contributed by atoms with Crippen LogP contribution in [0, 0.1) is 11.3 Å². The molecule has 0 aliphatic heterocycles. The molecule has 3 aromatic rings. The van der Waals surface area contributed by atoms with Gasteiger partial charge in [0.25, 0.3) is 0 Å². The van der Waals surface area contributed by atoms with E-state index in [1.807, 2.05) is 24.3 Å². The lowest BCUT2D eigenvalue weighted by molar-refractivity contribution is 0.167. The molecule has 1 N–H and O–H groups in total. The predicted octanol–water partition coefficient (Wildman–Crippen LogP) is 1.50. The maximum atomic E-state index is 9.56. The van der Waals surface area contributed by atoms with E-state index >= 15 is 0 Å². The number of hydrogen-bond donors (Lipinski definition) is 1. The minimum absolute atomic E-state index is 0.0310. The second-order valence-corrected chi connectivity index (χ2v) is 4.49. The fourth-order valence-electron chi connectivity index (χ4n) is 1.94. The van der Waals surface area contributed by atoms with Crippen molar-refractivity contribution in [1.29, 1.82) is 5.26 Å². The van der Waals surface area contributed by atoms with E-state index in [-0.39, 0.29) is 12.8 Å². The molecule has 7 heteroatoms. The van der Waals surface area contributed by atoms with Gasteiger partial charge >= 0.3 is 0 Å². The molecule has 2 heterocycles. The number of hydrogen-bond acceptors (Lipinski definition) is 7. The Labute approximate surface area is 119 Å². The van der Waals surface area contributed by atoms with Crippen molar-refractivity contribution in [3.63, 3.8) is 0 Å². The van der Waals surface area contributed by atoms with Crippen LogP contribution in [0.1, 0.15) is 12.3 Å². The molecule has 0 saturated heterocycles. The average Bonchev–Trinajstić information content (AvgIpc) is 2.95. The van der Waals surface area contributed by atoms with Gasteiger partial charge in [0.05, 0.1) is 36.0 Å². The summed E-state index contributed by atoms with van der Waals surface area (Å²) in [7, 11) is 0. The van der Waals surface area contributed by atoms with Crippen molar-refractivity contribution >= 4 is 11.0 Å². The molecule has 104 valence electrons. The van der Waals surface area contributed by atoms with Gasteiger partial charge in [0.2, 0.25) is 11.7 Å². The third-order valence-corrected chi connectivity index (χ3v) is 2.93. The molecular formula is C14H11N5O2. The topological polar surface area (TPSA) is 109 Å². The summed E-state index contributed by atoms with van der Waals surface area (Å²) in [5.41, 5.74) is 2.29. The van der Waals surface area contributed by atoms with Crippen molar-refractivity contribution in [2.45, 2.75) is 18.9 Å². The number of aromatic nitrogens is 4. The number of nitriles is 1. The van der Waals surface area contributed by atoms with Crippen molar-refractivity contribution in [3.05, 3.63) is 36.5 Å². The van der Waals surface area contributed by atoms with Gasteiger partial charge < -0.3 is 9.63 Å². The molecule has 1 aromatic carbocycles. The molecule has 0 amide bonds. The lowest BCUT2D eigenvalue weighted by Gasteiger charge is -2.00. The Morgan fingerprint density at radius 1 is 1.24 bits per heavy atom. The molecule has 0 radical (unpaired) electrons. The van der Waals surface area contributed by atoms with Crippen molar-refractivity contribution in [1.82, 2.24) is 20.1 Å². The highest BCUT2D eigenvalue weighted by molar-refractivity contribution is 5.79. The van der Waals surface area contributed by atoms with Crippen molar-refractivity contribution in [2.24, 2.45) is 0 Å². The standard InChI is InChI=1S/C14H11N5O2/c15-4-3-10(20)8-13-18-14(19-21-13)9-1-2-11-12(7-9)17-6-5-16-11/h1-2,5-7,10,20H,3,8H2. The van der Waals surface area contributed by atoms with Crippen LogP contribution in [0.25, 0.3) is 22.4 Å². The van der Waals surface area contributed by atoms with E-state index in [0.717, 1.165) is 16.6 Å². The maximum Gasteiger partial charge on any atom is 0.229 e. The second-order valence-electron chi connectivity index (χ2n) is 4.49. The van der Waals surface area contributed by atoms with Crippen LogP contribution in [0.2, 0.25) is 0 Å². The van der Waals surface area contributed by atoms with Gasteiger partial charge in [0.15, 0.2) is 0 Å². The molecule has 7 nitrogen and oxygen atoms in total. The third kappa shape index (κ3) is 2.85. The summed E-state index contributed by atoms with van der Waals surface area (Å²) in [5, 5.41) is 21.9. The molecular weight excluding hydrogens is 270 g/mol. The van der Waals surface area contributed by atoms with Crippen molar-refractivity contribution < 1.29 is 9.63 Å². The molecule has 0 fully saturated rings. The first-order valence-corrected chi connectivity index (χ1v) is 6.35. The molecule has 0 aliphatic rings. The van der Waals surface area contributed by atoms with Crippen LogP contribution in [-0.2, 0) is 6.42 Å². The lowest BCUT2D eigenvalue weighted by atomic mass is 10.2. The van der Waals surface area contributed by atoms with Gasteiger partial charge in [0, 0.05) is 18.0 Å². The molecule has 1 atom stereocenters. The highest BCUT2D eigenvalue weighted by atomic mass is 16.5. The smallest absolute Gasteiger partial charge is 0.229 e. The van der Waals surface area contributed by atoms with E-state index in [0.29, 0.717) is 11.7 Å². The number of rotatable bonds is 4. The monoisotopic (exact) mass is 281 g/mol. The Balaban J connectivity index is 1.86. The fourth-order valence-corrected chi connectivity index (χ4v) is 1.94. The number of benzene rings is 1. The SMILES string of the molecule is N#CCC(O)Cc1nc(-c2ccc3nccnc3c2)no1. The molecule has 0 aliphatic carbocycles. The molecule has 0 bridgehead atoms. The maximum absolute atomic E-state index is 9.56. The number of nitrogens with zero attached hydrogens (tertiary/aromatic N) is 5. The zero-order valence-electron chi connectivity index (χ0n) is 11.0. The Bertz CT molecular complexity index is 808. The van der Waals surface area contributed by atoms with Gasteiger partial charge in [-0.25, -0.2) is 0 Å². The zero-order valence-corrected chi connectivity index (χ0v) is 11.0. The highest BCUT2D eigenvalue weighted by Gasteiger charge is 2.13. The van der Waals surface area contributed by atoms with E-state index in [4.69, 9.17) is 9.78 Å².